The Bertz CT molecular complexity index is 539. The van der Waals surface area contributed by atoms with Gasteiger partial charge in [-0.05, 0) is 20.3 Å². The summed E-state index contributed by atoms with van der Waals surface area (Å²) in [4.78, 5) is 12.2. The van der Waals surface area contributed by atoms with Crippen LogP contribution in [0.5, 0.6) is 0 Å². The molecule has 0 aliphatic carbocycles. The van der Waals surface area contributed by atoms with Gasteiger partial charge in [0, 0.05) is 12.7 Å². The van der Waals surface area contributed by atoms with Gasteiger partial charge < -0.3 is 5.32 Å². The number of carbonyl (C=O) groups is 1. The fourth-order valence-corrected chi connectivity index (χ4v) is 3.95. The molecule has 1 aromatic rings. The zero-order valence-corrected chi connectivity index (χ0v) is 20.6. The van der Waals surface area contributed by atoms with Crippen LogP contribution in [0.4, 0.5) is 0 Å². The monoisotopic (exact) mass is 439 g/mol. The highest BCUT2D eigenvalue weighted by Gasteiger charge is 2.16. The number of aromatic nitrogens is 2. The van der Waals surface area contributed by atoms with Gasteiger partial charge in [-0.25, -0.2) is 0 Å². The third-order valence-electron chi connectivity index (χ3n) is 5.96. The Kier molecular flexibility index (Phi) is 15.9. The van der Waals surface area contributed by atoms with Crippen molar-refractivity contribution in [3.63, 3.8) is 0 Å². The molecule has 0 aliphatic heterocycles. The first kappa shape index (κ1) is 27.0. The van der Waals surface area contributed by atoms with E-state index in [0.717, 1.165) is 18.7 Å². The molecule has 0 radical (unpaired) electrons. The molecule has 1 amide bonds. The zero-order valence-electron chi connectivity index (χ0n) is 19.9. The Morgan fingerprint density at radius 3 is 1.73 bits per heavy atom. The summed E-state index contributed by atoms with van der Waals surface area (Å²) >= 11 is 6.02. The van der Waals surface area contributed by atoms with Gasteiger partial charge in [-0.15, -0.1) is 0 Å². The molecule has 1 atom stereocenters. The SMILES string of the molecule is CCCCCCCCCCCCCCCCCCNC(=O)C(C)n1cc(Cl)c(C)n1. The summed E-state index contributed by atoms with van der Waals surface area (Å²) in [6, 6.07) is -0.322. The van der Waals surface area contributed by atoms with E-state index in [1.165, 1.54) is 96.3 Å². The number of hydrogen-bond acceptors (Lipinski definition) is 2. The second-order valence-corrected chi connectivity index (χ2v) is 9.22. The molecule has 0 saturated carbocycles. The van der Waals surface area contributed by atoms with Gasteiger partial charge in [0.2, 0.25) is 5.91 Å². The lowest BCUT2D eigenvalue weighted by atomic mass is 10.0. The van der Waals surface area contributed by atoms with E-state index in [9.17, 15) is 4.79 Å². The van der Waals surface area contributed by atoms with Crippen molar-refractivity contribution in [2.75, 3.05) is 6.54 Å². The van der Waals surface area contributed by atoms with Crippen molar-refractivity contribution in [2.24, 2.45) is 0 Å². The zero-order chi connectivity index (χ0) is 22.0. The molecule has 0 aromatic carbocycles. The Labute approximate surface area is 190 Å². The van der Waals surface area contributed by atoms with Crippen molar-refractivity contribution in [1.82, 2.24) is 15.1 Å². The quantitative estimate of drug-likeness (QED) is 0.223. The summed E-state index contributed by atoms with van der Waals surface area (Å²) in [5, 5.41) is 7.90. The lowest BCUT2D eigenvalue weighted by Gasteiger charge is -2.12. The van der Waals surface area contributed by atoms with E-state index < -0.39 is 0 Å². The fraction of sp³-hybridized carbons (Fsp3) is 0.840. The first-order chi connectivity index (χ1) is 14.6. The molecule has 1 N–H and O–H groups in total. The third kappa shape index (κ3) is 12.6. The molecule has 0 aliphatic rings. The Morgan fingerprint density at radius 2 is 1.33 bits per heavy atom. The molecule has 1 aromatic heterocycles. The highest BCUT2D eigenvalue weighted by Crippen LogP contribution is 2.16. The van der Waals surface area contributed by atoms with Gasteiger partial charge in [0.1, 0.15) is 6.04 Å². The standard InChI is InChI=1S/C25H46ClN3O/c1-4-5-6-7-8-9-10-11-12-13-14-15-16-17-18-19-20-27-25(30)23(3)29-21-24(26)22(2)28-29/h21,23H,4-20H2,1-3H3,(H,27,30). The first-order valence-corrected chi connectivity index (χ1v) is 12.9. The van der Waals surface area contributed by atoms with Crippen LogP contribution in [0.1, 0.15) is 128 Å². The molecule has 174 valence electrons. The average molecular weight is 440 g/mol. The van der Waals surface area contributed by atoms with E-state index in [4.69, 9.17) is 11.6 Å². The van der Waals surface area contributed by atoms with Crippen LogP contribution in [0.3, 0.4) is 0 Å². The van der Waals surface area contributed by atoms with Gasteiger partial charge >= 0.3 is 0 Å². The molecule has 0 spiro atoms. The maximum atomic E-state index is 12.2. The highest BCUT2D eigenvalue weighted by atomic mass is 35.5. The van der Waals surface area contributed by atoms with Crippen LogP contribution in [0.25, 0.3) is 0 Å². The van der Waals surface area contributed by atoms with Crippen molar-refractivity contribution in [1.29, 1.82) is 0 Å². The van der Waals surface area contributed by atoms with Crippen molar-refractivity contribution in [3.05, 3.63) is 16.9 Å². The smallest absolute Gasteiger partial charge is 0.244 e. The lowest BCUT2D eigenvalue weighted by Crippen LogP contribution is -2.32. The molecule has 0 saturated heterocycles. The number of aryl methyl sites for hydroxylation is 1. The van der Waals surface area contributed by atoms with Crippen LogP contribution < -0.4 is 5.32 Å². The Hall–Kier alpha value is -1.03. The number of carbonyl (C=O) groups excluding carboxylic acids is 1. The van der Waals surface area contributed by atoms with E-state index in [1.54, 1.807) is 10.9 Å². The summed E-state index contributed by atoms with van der Waals surface area (Å²) in [5.41, 5.74) is 0.758. The molecule has 1 rings (SSSR count). The van der Waals surface area contributed by atoms with Crippen molar-refractivity contribution < 1.29 is 4.79 Å². The van der Waals surface area contributed by atoms with Crippen LogP contribution in [0.2, 0.25) is 5.02 Å². The van der Waals surface area contributed by atoms with Crippen LogP contribution in [0.15, 0.2) is 6.20 Å². The fourth-order valence-electron chi connectivity index (χ4n) is 3.81. The van der Waals surface area contributed by atoms with Crippen LogP contribution in [0, 0.1) is 6.92 Å². The minimum absolute atomic E-state index is 0.00938. The van der Waals surface area contributed by atoms with Crippen LogP contribution >= 0.6 is 11.6 Å². The van der Waals surface area contributed by atoms with E-state index in [0.29, 0.717) is 5.02 Å². The van der Waals surface area contributed by atoms with Gasteiger partial charge in [0.15, 0.2) is 0 Å². The molecular formula is C25H46ClN3O. The molecule has 0 fully saturated rings. The number of amides is 1. The number of rotatable bonds is 19. The summed E-state index contributed by atoms with van der Waals surface area (Å²) in [7, 11) is 0. The third-order valence-corrected chi connectivity index (χ3v) is 6.33. The Morgan fingerprint density at radius 1 is 0.900 bits per heavy atom. The maximum absolute atomic E-state index is 12.2. The van der Waals surface area contributed by atoms with Crippen molar-refractivity contribution in [3.8, 4) is 0 Å². The van der Waals surface area contributed by atoms with Gasteiger partial charge in [-0.3, -0.25) is 9.48 Å². The molecule has 5 heteroatoms. The van der Waals surface area contributed by atoms with Gasteiger partial charge in [0.05, 0.1) is 10.7 Å². The van der Waals surface area contributed by atoms with Crippen LogP contribution in [-0.4, -0.2) is 22.2 Å². The van der Waals surface area contributed by atoms with Crippen molar-refractivity contribution in [2.45, 2.75) is 130 Å². The predicted molar refractivity (Wildman–Crippen MR) is 129 cm³/mol. The summed E-state index contributed by atoms with van der Waals surface area (Å²) < 4.78 is 1.64. The first-order valence-electron chi connectivity index (χ1n) is 12.5. The average Bonchev–Trinajstić information content (AvgIpc) is 3.08. The Balaban J connectivity index is 1.85. The van der Waals surface area contributed by atoms with Gasteiger partial charge in [-0.2, -0.15) is 5.10 Å². The number of unbranched alkanes of at least 4 members (excludes halogenated alkanes) is 15. The van der Waals surface area contributed by atoms with Gasteiger partial charge in [0.25, 0.3) is 0 Å². The molecule has 0 bridgehead atoms. The van der Waals surface area contributed by atoms with E-state index in [2.05, 4.69) is 17.3 Å². The van der Waals surface area contributed by atoms with E-state index in [1.807, 2.05) is 13.8 Å². The molecule has 4 nitrogen and oxygen atoms in total. The highest BCUT2D eigenvalue weighted by molar-refractivity contribution is 6.31. The minimum Gasteiger partial charge on any atom is -0.354 e. The van der Waals surface area contributed by atoms with Gasteiger partial charge in [-0.1, -0.05) is 115 Å². The molecular weight excluding hydrogens is 394 g/mol. The second-order valence-electron chi connectivity index (χ2n) is 8.81. The normalized spacial score (nSPS) is 12.3. The second kappa shape index (κ2) is 17.6. The predicted octanol–water partition coefficient (Wildman–Crippen LogP) is 7.78. The summed E-state index contributed by atoms with van der Waals surface area (Å²) in [6.45, 7) is 6.73. The number of halogens is 1. The largest absolute Gasteiger partial charge is 0.354 e. The summed E-state index contributed by atoms with van der Waals surface area (Å²) in [5.74, 6) is 0.00938. The molecule has 1 unspecified atom stereocenters. The molecule has 1 heterocycles. The maximum Gasteiger partial charge on any atom is 0.244 e. The lowest BCUT2D eigenvalue weighted by molar-refractivity contribution is -0.124. The van der Waals surface area contributed by atoms with E-state index >= 15 is 0 Å². The minimum atomic E-state index is -0.322. The van der Waals surface area contributed by atoms with E-state index in [-0.39, 0.29) is 11.9 Å². The molecule has 30 heavy (non-hydrogen) atoms. The topological polar surface area (TPSA) is 46.9 Å². The number of nitrogens with zero attached hydrogens (tertiary/aromatic N) is 2. The van der Waals surface area contributed by atoms with Crippen LogP contribution in [-0.2, 0) is 4.79 Å². The van der Waals surface area contributed by atoms with Crippen molar-refractivity contribution >= 4 is 17.5 Å². The summed E-state index contributed by atoms with van der Waals surface area (Å²) in [6.07, 6.45) is 23.5. The number of nitrogens with one attached hydrogen (secondary N) is 1. The number of hydrogen-bond donors (Lipinski definition) is 1.